The third-order valence-corrected chi connectivity index (χ3v) is 4.18. The number of amides is 1. The zero-order chi connectivity index (χ0) is 15.9. The lowest BCUT2D eigenvalue weighted by Gasteiger charge is -2.23. The molecule has 1 amide bonds. The number of rotatable bonds is 8. The van der Waals surface area contributed by atoms with Gasteiger partial charge in [0.15, 0.2) is 0 Å². The molecule has 1 atom stereocenters. The molecular weight excluding hydrogens is 276 g/mol. The van der Waals surface area contributed by atoms with Crippen LogP contribution in [0.2, 0.25) is 0 Å². The molecule has 2 N–H and O–H groups in total. The van der Waals surface area contributed by atoms with Gasteiger partial charge in [-0.3, -0.25) is 4.79 Å². The summed E-state index contributed by atoms with van der Waals surface area (Å²) in [4.78, 5) is 14.0. The summed E-state index contributed by atoms with van der Waals surface area (Å²) in [5.74, 6) is 1.00. The number of hydrogen-bond donors (Lipinski definition) is 1. The Morgan fingerprint density at radius 3 is 2.68 bits per heavy atom. The summed E-state index contributed by atoms with van der Waals surface area (Å²) in [5, 5.41) is 1.08. The van der Waals surface area contributed by atoms with Crippen LogP contribution in [0, 0.1) is 0 Å². The van der Waals surface area contributed by atoms with E-state index in [1.807, 2.05) is 44.3 Å². The monoisotopic (exact) mass is 302 g/mol. The van der Waals surface area contributed by atoms with Crippen LogP contribution >= 0.6 is 0 Å². The average molecular weight is 302 g/mol. The van der Waals surface area contributed by atoms with Gasteiger partial charge in [-0.1, -0.05) is 31.0 Å². The Bertz CT molecular complexity index is 573. The molecule has 1 heterocycles. The van der Waals surface area contributed by atoms with Gasteiger partial charge >= 0.3 is 0 Å². The van der Waals surface area contributed by atoms with Crippen LogP contribution < -0.4 is 5.73 Å². The first-order chi connectivity index (χ1) is 10.6. The van der Waals surface area contributed by atoms with E-state index in [-0.39, 0.29) is 11.9 Å². The smallest absolute Gasteiger partial charge is 0.222 e. The first-order valence-electron chi connectivity index (χ1n) is 8.07. The minimum Gasteiger partial charge on any atom is -0.459 e. The second-order valence-electron chi connectivity index (χ2n) is 5.82. The highest BCUT2D eigenvalue weighted by Gasteiger charge is 2.20. The number of nitrogens with two attached hydrogens (primary N) is 1. The van der Waals surface area contributed by atoms with E-state index in [1.54, 1.807) is 4.90 Å². The molecule has 2 aromatic rings. The van der Waals surface area contributed by atoms with Gasteiger partial charge in [0.1, 0.15) is 11.3 Å². The summed E-state index contributed by atoms with van der Waals surface area (Å²) in [6, 6.07) is 9.88. The highest BCUT2D eigenvalue weighted by atomic mass is 16.3. The molecule has 2 rings (SSSR count). The van der Waals surface area contributed by atoms with Crippen molar-refractivity contribution < 1.29 is 9.21 Å². The summed E-state index contributed by atoms with van der Waals surface area (Å²) in [6.45, 7) is 2.74. The Labute approximate surface area is 132 Å². The molecule has 0 bridgehead atoms. The van der Waals surface area contributed by atoms with Crippen LogP contribution in [0.5, 0.6) is 0 Å². The van der Waals surface area contributed by atoms with Gasteiger partial charge in [-0.05, 0) is 38.4 Å². The van der Waals surface area contributed by atoms with E-state index >= 15 is 0 Å². The number of carbonyl (C=O) groups excluding carboxylic acids is 1. The minimum atomic E-state index is -0.0519. The van der Waals surface area contributed by atoms with Crippen LogP contribution in [0.25, 0.3) is 11.0 Å². The van der Waals surface area contributed by atoms with Gasteiger partial charge in [0.25, 0.3) is 0 Å². The molecule has 1 aromatic heterocycles. The minimum absolute atomic E-state index is 0.0519. The van der Waals surface area contributed by atoms with E-state index < -0.39 is 0 Å². The molecular formula is C18H26N2O2. The number of carbonyl (C=O) groups is 1. The predicted molar refractivity (Wildman–Crippen MR) is 89.5 cm³/mol. The van der Waals surface area contributed by atoms with Crippen LogP contribution in [0.15, 0.2) is 34.7 Å². The third-order valence-electron chi connectivity index (χ3n) is 4.18. The lowest BCUT2D eigenvalue weighted by Crippen LogP contribution is -2.29. The van der Waals surface area contributed by atoms with Crippen LogP contribution in [-0.4, -0.2) is 24.4 Å². The molecule has 1 unspecified atom stereocenters. The van der Waals surface area contributed by atoms with E-state index in [4.69, 9.17) is 10.2 Å². The molecule has 120 valence electrons. The number of furan rings is 1. The maximum absolute atomic E-state index is 12.3. The largest absolute Gasteiger partial charge is 0.459 e. The molecule has 0 saturated heterocycles. The van der Waals surface area contributed by atoms with Crippen molar-refractivity contribution in [2.24, 2.45) is 5.73 Å². The fourth-order valence-electron chi connectivity index (χ4n) is 2.57. The van der Waals surface area contributed by atoms with Crippen molar-refractivity contribution in [2.75, 3.05) is 13.6 Å². The van der Waals surface area contributed by atoms with Gasteiger partial charge < -0.3 is 15.1 Å². The normalized spacial score (nSPS) is 12.5. The van der Waals surface area contributed by atoms with E-state index in [2.05, 4.69) is 0 Å². The summed E-state index contributed by atoms with van der Waals surface area (Å²) < 4.78 is 5.85. The third kappa shape index (κ3) is 4.10. The highest BCUT2D eigenvalue weighted by Crippen LogP contribution is 2.27. The molecule has 0 radical (unpaired) electrons. The van der Waals surface area contributed by atoms with Crippen molar-refractivity contribution in [2.45, 2.75) is 45.1 Å². The van der Waals surface area contributed by atoms with E-state index in [0.717, 1.165) is 49.0 Å². The Balaban J connectivity index is 1.90. The molecule has 0 aliphatic carbocycles. The first kappa shape index (κ1) is 16.6. The van der Waals surface area contributed by atoms with Gasteiger partial charge in [-0.25, -0.2) is 0 Å². The van der Waals surface area contributed by atoms with Crippen molar-refractivity contribution in [3.8, 4) is 0 Å². The van der Waals surface area contributed by atoms with Crippen LogP contribution in [-0.2, 0) is 4.79 Å². The van der Waals surface area contributed by atoms with Crippen LogP contribution in [0.3, 0.4) is 0 Å². The van der Waals surface area contributed by atoms with Crippen LogP contribution in [0.4, 0.5) is 0 Å². The lowest BCUT2D eigenvalue weighted by molar-refractivity contribution is -0.132. The quantitative estimate of drug-likeness (QED) is 0.753. The summed E-state index contributed by atoms with van der Waals surface area (Å²) in [6.07, 6.45) is 4.73. The maximum atomic E-state index is 12.3. The first-order valence-corrected chi connectivity index (χ1v) is 8.07. The molecule has 0 aliphatic heterocycles. The second-order valence-corrected chi connectivity index (χ2v) is 5.82. The van der Waals surface area contributed by atoms with E-state index in [0.29, 0.717) is 6.42 Å². The number of nitrogens with zero attached hydrogens (tertiary/aromatic N) is 1. The second kappa shape index (κ2) is 7.99. The number of unbranched alkanes of at least 4 members (excludes halogenated alkanes) is 3. The topological polar surface area (TPSA) is 59.5 Å². The number of para-hydroxylation sites is 1. The molecule has 4 nitrogen and oxygen atoms in total. The van der Waals surface area contributed by atoms with Gasteiger partial charge in [0.2, 0.25) is 5.91 Å². The fraction of sp³-hybridized carbons (Fsp3) is 0.500. The van der Waals surface area contributed by atoms with Crippen LogP contribution in [0.1, 0.15) is 50.8 Å². The number of benzene rings is 1. The number of hydrogen-bond acceptors (Lipinski definition) is 3. The Morgan fingerprint density at radius 1 is 1.23 bits per heavy atom. The Morgan fingerprint density at radius 2 is 1.95 bits per heavy atom. The highest BCUT2D eigenvalue weighted by molar-refractivity contribution is 5.79. The Kier molecular flexibility index (Phi) is 6.01. The molecule has 1 aromatic carbocycles. The SMILES string of the molecule is CC(c1cc2ccccc2o1)N(C)C(=O)CCCCCCN. The Hall–Kier alpha value is -1.81. The lowest BCUT2D eigenvalue weighted by atomic mass is 10.1. The van der Waals surface area contributed by atoms with E-state index in [9.17, 15) is 4.79 Å². The summed E-state index contributed by atoms with van der Waals surface area (Å²) in [7, 11) is 1.85. The molecule has 0 fully saturated rings. The van der Waals surface area contributed by atoms with Crippen molar-refractivity contribution in [1.29, 1.82) is 0 Å². The molecule has 4 heteroatoms. The fourth-order valence-corrected chi connectivity index (χ4v) is 2.57. The van der Waals surface area contributed by atoms with Gasteiger partial charge in [-0.15, -0.1) is 0 Å². The van der Waals surface area contributed by atoms with Crippen molar-refractivity contribution in [3.05, 3.63) is 36.1 Å². The molecule has 22 heavy (non-hydrogen) atoms. The summed E-state index contributed by atoms with van der Waals surface area (Å²) >= 11 is 0. The molecule has 0 spiro atoms. The molecule has 0 aliphatic rings. The average Bonchev–Trinajstić information content (AvgIpc) is 2.97. The summed E-state index contributed by atoms with van der Waals surface area (Å²) in [5.41, 5.74) is 6.34. The zero-order valence-corrected chi connectivity index (χ0v) is 13.5. The number of fused-ring (bicyclic) bond motifs is 1. The van der Waals surface area contributed by atoms with Gasteiger partial charge in [0, 0.05) is 18.9 Å². The molecule has 0 saturated carbocycles. The van der Waals surface area contributed by atoms with Crippen molar-refractivity contribution in [1.82, 2.24) is 4.90 Å². The standard InChI is InChI=1S/C18H26N2O2/c1-14(17-13-15-9-6-7-10-16(15)22-17)20(2)18(21)11-5-3-4-8-12-19/h6-7,9-10,13-14H,3-5,8,11-12,19H2,1-2H3. The van der Waals surface area contributed by atoms with Crippen molar-refractivity contribution in [3.63, 3.8) is 0 Å². The maximum Gasteiger partial charge on any atom is 0.222 e. The zero-order valence-electron chi connectivity index (χ0n) is 13.5. The van der Waals surface area contributed by atoms with Gasteiger partial charge in [0.05, 0.1) is 6.04 Å². The van der Waals surface area contributed by atoms with E-state index in [1.165, 1.54) is 0 Å². The van der Waals surface area contributed by atoms with Crippen molar-refractivity contribution >= 4 is 16.9 Å². The van der Waals surface area contributed by atoms with Gasteiger partial charge in [-0.2, -0.15) is 0 Å². The predicted octanol–water partition coefficient (Wildman–Crippen LogP) is 3.86.